The van der Waals surface area contributed by atoms with Crippen LogP contribution in [0.3, 0.4) is 0 Å². The number of aromatic amines is 1. The van der Waals surface area contributed by atoms with Crippen LogP contribution in [0.4, 0.5) is 11.4 Å². The van der Waals surface area contributed by atoms with Crippen molar-refractivity contribution in [2.75, 3.05) is 23.3 Å². The van der Waals surface area contributed by atoms with Crippen LogP contribution in [-0.4, -0.2) is 30.9 Å². The molecular weight excluding hydrogens is 282 g/mol. The fourth-order valence-electron chi connectivity index (χ4n) is 2.48. The van der Waals surface area contributed by atoms with E-state index in [-0.39, 0.29) is 11.0 Å². The van der Waals surface area contributed by atoms with Gasteiger partial charge < -0.3 is 15.5 Å². The second-order valence-corrected chi connectivity index (χ2v) is 7.36. The summed E-state index contributed by atoms with van der Waals surface area (Å²) in [6.07, 6.45) is 1.37. The van der Waals surface area contributed by atoms with E-state index in [9.17, 15) is 13.2 Å². The lowest BCUT2D eigenvalue weighted by Crippen LogP contribution is -2.25. The Balaban J connectivity index is 1.84. The summed E-state index contributed by atoms with van der Waals surface area (Å²) in [5.74, 6) is -0.293. The lowest BCUT2D eigenvalue weighted by Gasteiger charge is -2.13. The summed E-state index contributed by atoms with van der Waals surface area (Å²) in [5, 5.41) is 2.67. The second-order valence-electron chi connectivity index (χ2n) is 4.96. The number of sulfone groups is 1. The van der Waals surface area contributed by atoms with E-state index in [1.807, 2.05) is 0 Å². The first-order valence-electron chi connectivity index (χ1n) is 6.33. The fraction of sp³-hybridized carbons (Fsp3) is 0.417. The molecule has 1 aliphatic rings. The molecule has 1 aliphatic heterocycles. The van der Waals surface area contributed by atoms with Gasteiger partial charge in [-0.25, -0.2) is 13.2 Å². The number of oxazole rings is 1. The first-order chi connectivity index (χ1) is 9.45. The molecule has 0 saturated carbocycles. The molecule has 2 heterocycles. The summed E-state index contributed by atoms with van der Waals surface area (Å²) >= 11 is 0. The summed E-state index contributed by atoms with van der Waals surface area (Å²) in [4.78, 5) is 13.6. The maximum Gasteiger partial charge on any atom is 0.417 e. The fourth-order valence-corrected chi connectivity index (χ4v) is 4.24. The van der Waals surface area contributed by atoms with Crippen LogP contribution in [0.15, 0.2) is 21.3 Å². The minimum Gasteiger partial charge on any atom is -0.408 e. The molecule has 0 spiro atoms. The summed E-state index contributed by atoms with van der Waals surface area (Å²) in [5.41, 5.74) is 7.78. The van der Waals surface area contributed by atoms with Crippen LogP contribution >= 0.6 is 0 Å². The lowest BCUT2D eigenvalue weighted by molar-refractivity contribution is 0.555. The Kier molecular flexibility index (Phi) is 2.97. The van der Waals surface area contributed by atoms with E-state index in [0.717, 1.165) is 0 Å². The zero-order valence-corrected chi connectivity index (χ0v) is 11.5. The van der Waals surface area contributed by atoms with Gasteiger partial charge in [-0.05, 0) is 18.9 Å². The van der Waals surface area contributed by atoms with Crippen molar-refractivity contribution in [3.05, 3.63) is 22.7 Å². The van der Waals surface area contributed by atoms with Crippen molar-refractivity contribution in [3.8, 4) is 0 Å². The maximum absolute atomic E-state index is 11.7. The molecule has 0 radical (unpaired) electrons. The molecule has 3 rings (SSSR count). The van der Waals surface area contributed by atoms with Crippen LogP contribution < -0.4 is 16.8 Å². The third kappa shape index (κ3) is 2.26. The molecule has 1 fully saturated rings. The van der Waals surface area contributed by atoms with E-state index >= 15 is 0 Å². The standard InChI is InChI=1S/C12H15N3O4S/c13-8-4-11-10(15-12(16)19-11)5-9(8)14-6-7-2-1-3-20(7,17)18/h4-5,7,14H,1-3,6,13H2,(H,15,16). The Hall–Kier alpha value is -1.96. The van der Waals surface area contributed by atoms with E-state index in [0.29, 0.717) is 41.9 Å². The topological polar surface area (TPSA) is 118 Å². The number of nitrogens with one attached hydrogen (secondary N) is 2. The van der Waals surface area contributed by atoms with Crippen molar-refractivity contribution in [2.45, 2.75) is 18.1 Å². The monoisotopic (exact) mass is 297 g/mol. The van der Waals surface area contributed by atoms with Crippen LogP contribution in [0.5, 0.6) is 0 Å². The molecule has 1 atom stereocenters. The number of rotatable bonds is 3. The highest BCUT2D eigenvalue weighted by Gasteiger charge is 2.30. The first-order valence-corrected chi connectivity index (χ1v) is 8.05. The smallest absolute Gasteiger partial charge is 0.408 e. The zero-order chi connectivity index (χ0) is 14.3. The minimum absolute atomic E-state index is 0.253. The van der Waals surface area contributed by atoms with Gasteiger partial charge in [0.25, 0.3) is 0 Å². The van der Waals surface area contributed by atoms with Gasteiger partial charge >= 0.3 is 5.76 Å². The Bertz CT molecular complexity index is 806. The highest BCUT2D eigenvalue weighted by atomic mass is 32.2. The molecule has 1 saturated heterocycles. The summed E-state index contributed by atoms with van der Waals surface area (Å²) in [6, 6.07) is 3.19. The lowest BCUT2D eigenvalue weighted by atomic mass is 10.2. The van der Waals surface area contributed by atoms with Crippen LogP contribution in [-0.2, 0) is 9.84 Å². The van der Waals surface area contributed by atoms with Crippen molar-refractivity contribution in [3.63, 3.8) is 0 Å². The molecule has 0 bridgehead atoms. The molecule has 7 nitrogen and oxygen atoms in total. The van der Waals surface area contributed by atoms with Gasteiger partial charge in [0.2, 0.25) is 0 Å². The minimum atomic E-state index is -2.99. The molecule has 1 aromatic carbocycles. The summed E-state index contributed by atoms with van der Waals surface area (Å²) in [7, 11) is -2.99. The van der Waals surface area contributed by atoms with Gasteiger partial charge in [0.1, 0.15) is 0 Å². The Morgan fingerprint density at radius 2 is 2.25 bits per heavy atom. The quantitative estimate of drug-likeness (QED) is 0.717. The average molecular weight is 297 g/mol. The molecule has 1 aromatic heterocycles. The number of benzene rings is 1. The highest BCUT2D eigenvalue weighted by Crippen LogP contribution is 2.26. The third-order valence-electron chi connectivity index (χ3n) is 3.57. The summed E-state index contributed by atoms with van der Waals surface area (Å²) < 4.78 is 28.4. The van der Waals surface area contributed by atoms with Crippen LogP contribution in [0, 0.1) is 0 Å². The van der Waals surface area contributed by atoms with Crippen molar-refractivity contribution in [1.29, 1.82) is 0 Å². The number of fused-ring (bicyclic) bond motifs is 1. The number of aromatic nitrogens is 1. The molecule has 1 unspecified atom stereocenters. The largest absolute Gasteiger partial charge is 0.417 e. The number of hydrogen-bond donors (Lipinski definition) is 3. The van der Waals surface area contributed by atoms with Crippen molar-refractivity contribution in [1.82, 2.24) is 4.98 Å². The molecule has 4 N–H and O–H groups in total. The Labute approximate surface area is 115 Å². The molecule has 108 valence electrons. The normalized spacial score (nSPS) is 21.3. The number of hydrogen-bond acceptors (Lipinski definition) is 6. The van der Waals surface area contributed by atoms with E-state index in [1.54, 1.807) is 12.1 Å². The van der Waals surface area contributed by atoms with Crippen LogP contribution in [0.25, 0.3) is 11.1 Å². The van der Waals surface area contributed by atoms with Gasteiger partial charge in [-0.3, -0.25) is 4.98 Å². The zero-order valence-electron chi connectivity index (χ0n) is 10.7. The molecule has 0 aliphatic carbocycles. The van der Waals surface area contributed by atoms with Gasteiger partial charge in [-0.1, -0.05) is 0 Å². The van der Waals surface area contributed by atoms with E-state index in [2.05, 4.69) is 10.3 Å². The van der Waals surface area contributed by atoms with Gasteiger partial charge in [0, 0.05) is 12.6 Å². The molecule has 2 aromatic rings. The Morgan fingerprint density at radius 1 is 1.45 bits per heavy atom. The van der Waals surface area contributed by atoms with Gasteiger partial charge in [-0.2, -0.15) is 0 Å². The summed E-state index contributed by atoms with van der Waals surface area (Å²) in [6.45, 7) is 0.320. The molecule has 20 heavy (non-hydrogen) atoms. The van der Waals surface area contributed by atoms with E-state index in [1.165, 1.54) is 0 Å². The second kappa shape index (κ2) is 4.55. The van der Waals surface area contributed by atoms with Crippen LogP contribution in [0.1, 0.15) is 12.8 Å². The number of anilines is 2. The van der Waals surface area contributed by atoms with Crippen molar-refractivity contribution < 1.29 is 12.8 Å². The van der Waals surface area contributed by atoms with E-state index < -0.39 is 15.6 Å². The maximum atomic E-state index is 11.7. The predicted molar refractivity (Wildman–Crippen MR) is 76.5 cm³/mol. The average Bonchev–Trinajstić information content (AvgIpc) is 2.87. The SMILES string of the molecule is Nc1cc2oc(=O)[nH]c2cc1NCC1CCCS1(=O)=O. The van der Waals surface area contributed by atoms with Gasteiger partial charge in [0.15, 0.2) is 15.4 Å². The molecule has 0 amide bonds. The third-order valence-corrected chi connectivity index (χ3v) is 5.85. The van der Waals surface area contributed by atoms with Crippen molar-refractivity contribution in [2.24, 2.45) is 0 Å². The molecule has 8 heteroatoms. The van der Waals surface area contributed by atoms with E-state index in [4.69, 9.17) is 10.2 Å². The Morgan fingerprint density at radius 3 is 2.95 bits per heavy atom. The van der Waals surface area contributed by atoms with Crippen molar-refractivity contribution >= 4 is 32.3 Å². The number of nitrogen functional groups attached to an aromatic ring is 1. The molecular formula is C12H15N3O4S. The number of H-pyrrole nitrogens is 1. The first kappa shape index (κ1) is 13.0. The van der Waals surface area contributed by atoms with Gasteiger partial charge in [-0.15, -0.1) is 0 Å². The van der Waals surface area contributed by atoms with Gasteiger partial charge in [0.05, 0.1) is 27.9 Å². The highest BCUT2D eigenvalue weighted by molar-refractivity contribution is 7.92. The number of nitrogens with two attached hydrogens (primary N) is 1. The van der Waals surface area contributed by atoms with Crippen LogP contribution in [0.2, 0.25) is 0 Å². The predicted octanol–water partition coefficient (Wildman–Crippen LogP) is 0.692.